The summed E-state index contributed by atoms with van der Waals surface area (Å²) >= 11 is 0. The Morgan fingerprint density at radius 3 is 2.91 bits per heavy atom. The van der Waals surface area contributed by atoms with Crippen molar-refractivity contribution in [1.82, 2.24) is 20.1 Å². The van der Waals surface area contributed by atoms with Crippen LogP contribution in [0.1, 0.15) is 63.1 Å². The minimum Gasteiger partial charge on any atom is -0.381 e. The highest BCUT2D eigenvalue weighted by atomic mass is 16.5. The summed E-state index contributed by atoms with van der Waals surface area (Å²) < 4.78 is 8.09. The van der Waals surface area contributed by atoms with E-state index in [0.717, 1.165) is 32.7 Å². The highest BCUT2D eigenvalue weighted by molar-refractivity contribution is 5.04. The average Bonchev–Trinajstić information content (AvgIpc) is 3.29. The van der Waals surface area contributed by atoms with Crippen LogP contribution >= 0.6 is 0 Å². The molecule has 1 unspecified atom stereocenters. The van der Waals surface area contributed by atoms with E-state index in [1.54, 1.807) is 0 Å². The summed E-state index contributed by atoms with van der Waals surface area (Å²) in [6.45, 7) is 3.89. The maximum Gasteiger partial charge on any atom is 0.135 e. The molecule has 2 aliphatic carbocycles. The number of nitrogens with one attached hydrogen (secondary N) is 1. The van der Waals surface area contributed by atoms with Crippen LogP contribution in [0.25, 0.3) is 0 Å². The lowest BCUT2D eigenvalue weighted by molar-refractivity contribution is -0.0532. The lowest BCUT2D eigenvalue weighted by atomic mass is 9.68. The predicted octanol–water partition coefficient (Wildman–Crippen LogP) is 2.48. The van der Waals surface area contributed by atoms with Crippen LogP contribution in [0.4, 0.5) is 0 Å². The maximum atomic E-state index is 5.84. The number of hydrogen-bond acceptors (Lipinski definition) is 4. The highest BCUT2D eigenvalue weighted by Gasteiger charge is 2.41. The van der Waals surface area contributed by atoms with E-state index in [0.29, 0.717) is 17.4 Å². The second-order valence-corrected chi connectivity index (χ2v) is 7.43. The van der Waals surface area contributed by atoms with Crippen molar-refractivity contribution in [3.63, 3.8) is 0 Å². The average molecular weight is 304 g/mol. The molecule has 1 N–H and O–H groups in total. The largest absolute Gasteiger partial charge is 0.381 e. The predicted molar refractivity (Wildman–Crippen MR) is 84.7 cm³/mol. The summed E-state index contributed by atoms with van der Waals surface area (Å²) in [4.78, 5) is 0. The lowest BCUT2D eigenvalue weighted by Crippen LogP contribution is -2.53. The van der Waals surface area contributed by atoms with Crippen molar-refractivity contribution in [2.75, 3.05) is 19.8 Å². The van der Waals surface area contributed by atoms with E-state index in [4.69, 9.17) is 4.74 Å². The Bertz CT molecular complexity index is 482. The fourth-order valence-electron chi connectivity index (χ4n) is 4.40. The van der Waals surface area contributed by atoms with Crippen LogP contribution in [-0.4, -0.2) is 40.6 Å². The number of ether oxygens (including phenoxy) is 1. The Hall–Kier alpha value is -0.940. The molecule has 1 aliphatic heterocycles. The van der Waals surface area contributed by atoms with Gasteiger partial charge in [-0.2, -0.15) is 0 Å². The number of nitrogens with zero attached hydrogens (tertiary/aromatic N) is 3. The monoisotopic (exact) mass is 304 g/mol. The molecule has 1 spiro atoms. The molecule has 0 bridgehead atoms. The zero-order valence-corrected chi connectivity index (χ0v) is 13.5. The van der Waals surface area contributed by atoms with Crippen molar-refractivity contribution in [3.05, 3.63) is 12.2 Å². The second kappa shape index (κ2) is 6.28. The number of aromatic nitrogens is 3. The molecular weight excluding hydrogens is 276 g/mol. The van der Waals surface area contributed by atoms with E-state index in [1.165, 1.54) is 50.8 Å². The summed E-state index contributed by atoms with van der Waals surface area (Å²) in [5, 5.41) is 12.2. The molecule has 2 heterocycles. The molecule has 22 heavy (non-hydrogen) atoms. The van der Waals surface area contributed by atoms with E-state index < -0.39 is 0 Å². The minimum atomic E-state index is 0.406. The van der Waals surface area contributed by atoms with Gasteiger partial charge in [0.1, 0.15) is 12.2 Å². The van der Waals surface area contributed by atoms with Gasteiger partial charge in [0, 0.05) is 37.1 Å². The summed E-state index contributed by atoms with van der Waals surface area (Å²) in [6.07, 6.45) is 12.5. The first-order valence-electron chi connectivity index (χ1n) is 9.06. The van der Waals surface area contributed by atoms with Crippen LogP contribution in [0.2, 0.25) is 0 Å². The second-order valence-electron chi connectivity index (χ2n) is 7.43. The molecule has 0 radical (unpaired) electrons. The molecule has 122 valence electrons. The summed E-state index contributed by atoms with van der Waals surface area (Å²) in [7, 11) is 0. The van der Waals surface area contributed by atoms with Crippen molar-refractivity contribution < 1.29 is 4.74 Å². The van der Waals surface area contributed by atoms with Gasteiger partial charge in [-0.1, -0.05) is 19.3 Å². The third kappa shape index (κ3) is 2.93. The molecule has 3 aliphatic rings. The Kier molecular flexibility index (Phi) is 4.18. The van der Waals surface area contributed by atoms with Gasteiger partial charge in [0.05, 0.1) is 6.61 Å². The van der Waals surface area contributed by atoms with Crippen LogP contribution in [0.15, 0.2) is 6.33 Å². The van der Waals surface area contributed by atoms with E-state index in [1.807, 2.05) is 6.33 Å². The molecule has 1 atom stereocenters. The molecule has 5 nitrogen and oxygen atoms in total. The third-order valence-electron chi connectivity index (χ3n) is 5.86. The van der Waals surface area contributed by atoms with Gasteiger partial charge in [0.15, 0.2) is 0 Å². The van der Waals surface area contributed by atoms with Gasteiger partial charge in [-0.15, -0.1) is 10.2 Å². The Morgan fingerprint density at radius 2 is 2.09 bits per heavy atom. The molecule has 0 amide bonds. The van der Waals surface area contributed by atoms with Crippen LogP contribution in [0.3, 0.4) is 0 Å². The molecule has 5 heteroatoms. The van der Waals surface area contributed by atoms with Gasteiger partial charge < -0.3 is 14.6 Å². The van der Waals surface area contributed by atoms with Crippen molar-refractivity contribution in [3.8, 4) is 0 Å². The van der Waals surface area contributed by atoms with Crippen LogP contribution < -0.4 is 5.32 Å². The van der Waals surface area contributed by atoms with Gasteiger partial charge in [0.25, 0.3) is 0 Å². The molecule has 1 aromatic heterocycles. The third-order valence-corrected chi connectivity index (χ3v) is 5.86. The van der Waals surface area contributed by atoms with Crippen LogP contribution in [0, 0.1) is 5.41 Å². The normalized spacial score (nSPS) is 28.1. The number of hydrogen-bond donors (Lipinski definition) is 1. The van der Waals surface area contributed by atoms with Crippen LogP contribution in [-0.2, 0) is 11.3 Å². The lowest BCUT2D eigenvalue weighted by Gasteiger charge is -2.47. The fraction of sp³-hybridized carbons (Fsp3) is 0.882. The van der Waals surface area contributed by atoms with Crippen molar-refractivity contribution in [2.24, 2.45) is 5.41 Å². The van der Waals surface area contributed by atoms with Crippen molar-refractivity contribution in [2.45, 2.75) is 69.9 Å². The molecular formula is C17H28N4O. The summed E-state index contributed by atoms with van der Waals surface area (Å²) in [6, 6.07) is 0.627. The van der Waals surface area contributed by atoms with E-state index >= 15 is 0 Å². The van der Waals surface area contributed by atoms with Gasteiger partial charge >= 0.3 is 0 Å². The van der Waals surface area contributed by atoms with Crippen molar-refractivity contribution in [1.29, 1.82) is 0 Å². The smallest absolute Gasteiger partial charge is 0.135 e. The SMILES string of the molecule is c1nnc(C2CC2)n1CCNC1CCOCC12CCCCC2. The molecule has 1 aromatic rings. The van der Waals surface area contributed by atoms with Gasteiger partial charge in [0.2, 0.25) is 0 Å². The highest BCUT2D eigenvalue weighted by Crippen LogP contribution is 2.42. The van der Waals surface area contributed by atoms with Crippen LogP contribution in [0.5, 0.6) is 0 Å². The van der Waals surface area contributed by atoms with Gasteiger partial charge in [-0.25, -0.2) is 0 Å². The topological polar surface area (TPSA) is 52.0 Å². The maximum absolute atomic E-state index is 5.84. The zero-order chi connectivity index (χ0) is 14.8. The zero-order valence-electron chi connectivity index (χ0n) is 13.5. The van der Waals surface area contributed by atoms with Gasteiger partial charge in [-0.3, -0.25) is 0 Å². The first kappa shape index (κ1) is 14.6. The number of rotatable bonds is 5. The summed E-state index contributed by atoms with van der Waals surface area (Å²) in [5.74, 6) is 1.87. The molecule has 3 fully saturated rings. The molecule has 0 aromatic carbocycles. The Balaban J connectivity index is 1.34. The molecule has 4 rings (SSSR count). The first-order valence-corrected chi connectivity index (χ1v) is 9.06. The quantitative estimate of drug-likeness (QED) is 0.908. The summed E-state index contributed by atoms with van der Waals surface area (Å²) in [5.41, 5.74) is 0.406. The van der Waals surface area contributed by atoms with E-state index in [9.17, 15) is 0 Å². The van der Waals surface area contributed by atoms with Gasteiger partial charge in [-0.05, 0) is 32.1 Å². The van der Waals surface area contributed by atoms with E-state index in [-0.39, 0.29) is 0 Å². The molecule has 1 saturated heterocycles. The van der Waals surface area contributed by atoms with Crippen molar-refractivity contribution >= 4 is 0 Å². The fourth-order valence-corrected chi connectivity index (χ4v) is 4.40. The standard InChI is InChI=1S/C17H28N4O/c1-2-7-17(8-3-1)12-22-11-6-15(17)18-9-10-21-13-19-20-16(21)14-4-5-14/h13-15,18H,1-12H2. The Morgan fingerprint density at radius 1 is 1.23 bits per heavy atom. The molecule has 2 saturated carbocycles. The first-order chi connectivity index (χ1) is 10.9. The Labute approximate surface area is 132 Å². The minimum absolute atomic E-state index is 0.406. The van der Waals surface area contributed by atoms with E-state index in [2.05, 4.69) is 20.1 Å².